The number of hydrogen-bond donors (Lipinski definition) is 1. The number of phenolic OH excluding ortho intramolecular Hbond substituents is 1. The Bertz CT molecular complexity index is 797. The van der Waals surface area contributed by atoms with Crippen LogP contribution >= 0.6 is 0 Å². The van der Waals surface area contributed by atoms with Gasteiger partial charge in [-0.1, -0.05) is 6.07 Å². The van der Waals surface area contributed by atoms with Gasteiger partial charge in [-0.05, 0) is 47.9 Å². The number of phenols is 1. The summed E-state index contributed by atoms with van der Waals surface area (Å²) in [4.78, 5) is 18.1. The second kappa shape index (κ2) is 5.25. The molecule has 1 heterocycles. The van der Waals surface area contributed by atoms with E-state index in [0.717, 1.165) is 16.5 Å². The third kappa shape index (κ3) is 2.56. The van der Waals surface area contributed by atoms with Crippen LogP contribution in [0, 0.1) is 0 Å². The predicted octanol–water partition coefficient (Wildman–Crippen LogP) is 3.22. The molecule has 0 aliphatic rings. The third-order valence-electron chi connectivity index (χ3n) is 3.43. The number of rotatable bonds is 2. The lowest BCUT2D eigenvalue weighted by atomic mass is 10.1. The molecule has 1 aromatic heterocycles. The minimum absolute atomic E-state index is 0.0978. The van der Waals surface area contributed by atoms with Gasteiger partial charge in [0, 0.05) is 36.1 Å². The third-order valence-corrected chi connectivity index (χ3v) is 3.43. The lowest BCUT2D eigenvalue weighted by molar-refractivity contribution is 0.0993. The van der Waals surface area contributed by atoms with E-state index in [4.69, 9.17) is 0 Å². The monoisotopic (exact) mass is 278 g/mol. The predicted molar refractivity (Wildman–Crippen MR) is 82.6 cm³/mol. The van der Waals surface area contributed by atoms with Gasteiger partial charge in [-0.25, -0.2) is 0 Å². The normalized spacial score (nSPS) is 10.5. The standard InChI is InChI=1S/C17H14N2O2/c1-19(15-4-6-16(20)7-5-15)17(21)13-2-3-14-11-18-9-8-12(14)10-13/h2-11,20H,1H3. The van der Waals surface area contributed by atoms with Crippen molar-refractivity contribution in [3.05, 3.63) is 66.5 Å². The summed E-state index contributed by atoms with van der Waals surface area (Å²) in [7, 11) is 1.71. The van der Waals surface area contributed by atoms with Crippen molar-refractivity contribution in [2.45, 2.75) is 0 Å². The average Bonchev–Trinajstić information content (AvgIpc) is 2.54. The van der Waals surface area contributed by atoms with Gasteiger partial charge in [0.1, 0.15) is 5.75 Å². The molecule has 0 spiro atoms. The zero-order valence-corrected chi connectivity index (χ0v) is 11.5. The molecule has 104 valence electrons. The van der Waals surface area contributed by atoms with E-state index in [-0.39, 0.29) is 11.7 Å². The first-order chi connectivity index (χ1) is 10.1. The molecule has 4 heteroatoms. The number of fused-ring (bicyclic) bond motifs is 1. The van der Waals surface area contributed by atoms with Gasteiger partial charge >= 0.3 is 0 Å². The van der Waals surface area contributed by atoms with Crippen LogP contribution in [0.1, 0.15) is 10.4 Å². The molecule has 1 N–H and O–H groups in total. The number of aromatic hydroxyl groups is 1. The Morgan fingerprint density at radius 2 is 1.81 bits per heavy atom. The summed E-state index contributed by atoms with van der Waals surface area (Å²) in [6.45, 7) is 0. The van der Waals surface area contributed by atoms with Crippen LogP contribution in [0.15, 0.2) is 60.9 Å². The lowest BCUT2D eigenvalue weighted by Crippen LogP contribution is -2.26. The number of aromatic nitrogens is 1. The molecule has 0 aliphatic carbocycles. The van der Waals surface area contributed by atoms with Crippen LogP contribution in [0.25, 0.3) is 10.8 Å². The summed E-state index contributed by atoms with van der Waals surface area (Å²) in [6, 6.07) is 14.0. The molecule has 2 aromatic carbocycles. The van der Waals surface area contributed by atoms with Crippen molar-refractivity contribution in [3.63, 3.8) is 0 Å². The van der Waals surface area contributed by atoms with Crippen LogP contribution in [0.3, 0.4) is 0 Å². The maximum absolute atomic E-state index is 12.5. The van der Waals surface area contributed by atoms with Crippen molar-refractivity contribution in [2.75, 3.05) is 11.9 Å². The van der Waals surface area contributed by atoms with E-state index < -0.39 is 0 Å². The number of nitrogens with zero attached hydrogens (tertiary/aromatic N) is 2. The Morgan fingerprint density at radius 3 is 2.57 bits per heavy atom. The molecular formula is C17H14N2O2. The first-order valence-corrected chi connectivity index (χ1v) is 6.56. The fourth-order valence-electron chi connectivity index (χ4n) is 2.20. The van der Waals surface area contributed by atoms with E-state index >= 15 is 0 Å². The summed E-state index contributed by atoms with van der Waals surface area (Å²) >= 11 is 0. The van der Waals surface area contributed by atoms with Crippen LogP contribution in [0.2, 0.25) is 0 Å². The van der Waals surface area contributed by atoms with E-state index in [0.29, 0.717) is 5.56 Å². The largest absolute Gasteiger partial charge is 0.508 e. The average molecular weight is 278 g/mol. The Balaban J connectivity index is 1.94. The first-order valence-electron chi connectivity index (χ1n) is 6.56. The number of hydrogen-bond acceptors (Lipinski definition) is 3. The molecule has 4 nitrogen and oxygen atoms in total. The van der Waals surface area contributed by atoms with Gasteiger partial charge in [0.2, 0.25) is 0 Å². The number of carbonyl (C=O) groups is 1. The van der Waals surface area contributed by atoms with Crippen LogP contribution < -0.4 is 4.90 Å². The van der Waals surface area contributed by atoms with E-state index in [1.807, 2.05) is 18.2 Å². The maximum atomic E-state index is 12.5. The molecular weight excluding hydrogens is 264 g/mol. The molecule has 3 rings (SSSR count). The number of carbonyl (C=O) groups excluding carboxylic acids is 1. The summed E-state index contributed by atoms with van der Waals surface area (Å²) in [5, 5.41) is 11.3. The Kier molecular flexibility index (Phi) is 3.28. The minimum Gasteiger partial charge on any atom is -0.508 e. The SMILES string of the molecule is CN(C(=O)c1ccc2cnccc2c1)c1ccc(O)cc1. The van der Waals surface area contributed by atoms with Crippen molar-refractivity contribution in [2.24, 2.45) is 0 Å². The molecule has 0 unspecified atom stereocenters. The lowest BCUT2D eigenvalue weighted by Gasteiger charge is -2.17. The zero-order valence-electron chi connectivity index (χ0n) is 11.5. The van der Waals surface area contributed by atoms with Gasteiger partial charge in [0.05, 0.1) is 0 Å². The summed E-state index contributed by atoms with van der Waals surface area (Å²) in [5.74, 6) is 0.0807. The smallest absolute Gasteiger partial charge is 0.258 e. The summed E-state index contributed by atoms with van der Waals surface area (Å²) in [6.07, 6.45) is 3.48. The first kappa shape index (κ1) is 13.1. The Hall–Kier alpha value is -2.88. The van der Waals surface area contributed by atoms with Crippen molar-refractivity contribution >= 4 is 22.4 Å². The van der Waals surface area contributed by atoms with Crippen molar-refractivity contribution in [3.8, 4) is 5.75 Å². The van der Waals surface area contributed by atoms with E-state index in [1.165, 1.54) is 0 Å². The minimum atomic E-state index is -0.0978. The number of benzene rings is 2. The van der Waals surface area contributed by atoms with Crippen LogP contribution in [0.5, 0.6) is 5.75 Å². The Labute approximate surface area is 122 Å². The van der Waals surface area contributed by atoms with Gasteiger partial charge in [-0.15, -0.1) is 0 Å². The van der Waals surface area contributed by atoms with Crippen molar-refractivity contribution < 1.29 is 9.90 Å². The highest BCUT2D eigenvalue weighted by molar-refractivity contribution is 6.07. The Morgan fingerprint density at radius 1 is 1.05 bits per heavy atom. The molecule has 0 atom stereocenters. The quantitative estimate of drug-likeness (QED) is 0.783. The van der Waals surface area contributed by atoms with Gasteiger partial charge in [0.15, 0.2) is 0 Å². The fourth-order valence-corrected chi connectivity index (χ4v) is 2.20. The second-order valence-electron chi connectivity index (χ2n) is 4.82. The molecule has 0 saturated heterocycles. The van der Waals surface area contributed by atoms with Gasteiger partial charge < -0.3 is 10.0 Å². The topological polar surface area (TPSA) is 53.4 Å². The molecule has 0 aliphatic heterocycles. The molecule has 0 bridgehead atoms. The zero-order chi connectivity index (χ0) is 14.8. The van der Waals surface area contributed by atoms with Crippen LogP contribution in [-0.2, 0) is 0 Å². The van der Waals surface area contributed by atoms with E-state index in [9.17, 15) is 9.90 Å². The highest BCUT2D eigenvalue weighted by Gasteiger charge is 2.13. The van der Waals surface area contributed by atoms with Gasteiger partial charge in [-0.2, -0.15) is 0 Å². The summed E-state index contributed by atoms with van der Waals surface area (Å²) < 4.78 is 0. The summed E-state index contributed by atoms with van der Waals surface area (Å²) in [5.41, 5.74) is 1.34. The molecule has 21 heavy (non-hydrogen) atoms. The molecule has 1 amide bonds. The van der Waals surface area contributed by atoms with Crippen LogP contribution in [0.4, 0.5) is 5.69 Å². The maximum Gasteiger partial charge on any atom is 0.258 e. The highest BCUT2D eigenvalue weighted by atomic mass is 16.3. The fraction of sp³-hybridized carbons (Fsp3) is 0.0588. The van der Waals surface area contributed by atoms with Crippen molar-refractivity contribution in [1.82, 2.24) is 4.98 Å². The molecule has 0 radical (unpaired) electrons. The van der Waals surface area contributed by atoms with Crippen molar-refractivity contribution in [1.29, 1.82) is 0 Å². The second-order valence-corrected chi connectivity index (χ2v) is 4.82. The van der Waals surface area contributed by atoms with E-state index in [2.05, 4.69) is 4.98 Å². The highest BCUT2D eigenvalue weighted by Crippen LogP contribution is 2.21. The molecule has 0 fully saturated rings. The van der Waals surface area contributed by atoms with Crippen LogP contribution in [-0.4, -0.2) is 23.0 Å². The number of anilines is 1. The number of amides is 1. The molecule has 0 saturated carbocycles. The molecule has 3 aromatic rings. The van der Waals surface area contributed by atoms with Gasteiger partial charge in [-0.3, -0.25) is 9.78 Å². The van der Waals surface area contributed by atoms with Gasteiger partial charge in [0.25, 0.3) is 5.91 Å². The number of pyridine rings is 1. The van der Waals surface area contributed by atoms with E-state index in [1.54, 1.807) is 54.7 Å².